The van der Waals surface area contributed by atoms with Crippen molar-refractivity contribution < 1.29 is 9.53 Å². The van der Waals surface area contributed by atoms with E-state index < -0.39 is 0 Å². The Morgan fingerprint density at radius 3 is 3.11 bits per heavy atom. The number of tetrazole rings is 1. The molecule has 0 fully saturated rings. The summed E-state index contributed by atoms with van der Waals surface area (Å²) in [6.07, 6.45) is 6.13. The monoisotopic (exact) mass is 379 g/mol. The quantitative estimate of drug-likeness (QED) is 0.542. The number of carbonyl (C=O) groups is 1. The Bertz CT molecular complexity index is 1010. The molecule has 0 atom stereocenters. The van der Waals surface area contributed by atoms with Gasteiger partial charge in [-0.25, -0.2) is 0 Å². The number of fused-ring (bicyclic) bond motifs is 1. The fraction of sp³-hybridized carbons (Fsp3) is 0.158. The molecule has 2 aromatic carbocycles. The van der Waals surface area contributed by atoms with Crippen molar-refractivity contribution in [2.45, 2.75) is 11.6 Å². The average Bonchev–Trinajstić information content (AvgIpc) is 3.35. The minimum atomic E-state index is -0.203. The molecule has 136 valence electrons. The molecule has 0 bridgehead atoms. The number of nitrogens with one attached hydrogen (secondary N) is 1. The third-order valence-electron chi connectivity index (χ3n) is 4.12. The molecule has 1 aliphatic heterocycles. The summed E-state index contributed by atoms with van der Waals surface area (Å²) in [6, 6.07) is 13.3. The Balaban J connectivity index is 1.46. The molecule has 0 saturated heterocycles. The van der Waals surface area contributed by atoms with E-state index in [1.807, 2.05) is 48.7 Å². The van der Waals surface area contributed by atoms with Crippen molar-refractivity contribution in [3.05, 3.63) is 59.7 Å². The summed E-state index contributed by atoms with van der Waals surface area (Å²) in [7, 11) is 0. The van der Waals surface area contributed by atoms with Gasteiger partial charge < -0.3 is 10.1 Å². The highest BCUT2D eigenvalue weighted by Gasteiger charge is 2.11. The van der Waals surface area contributed by atoms with E-state index >= 15 is 0 Å². The van der Waals surface area contributed by atoms with Gasteiger partial charge in [-0.2, -0.15) is 4.68 Å². The van der Waals surface area contributed by atoms with E-state index in [1.165, 1.54) is 23.4 Å². The maximum atomic E-state index is 12.3. The molecule has 1 aromatic heterocycles. The van der Waals surface area contributed by atoms with E-state index in [2.05, 4.69) is 20.8 Å². The fourth-order valence-corrected chi connectivity index (χ4v) is 3.28. The lowest BCUT2D eigenvalue weighted by Crippen LogP contribution is -2.08. The number of aromatic nitrogens is 4. The van der Waals surface area contributed by atoms with Crippen LogP contribution in [0.15, 0.2) is 53.7 Å². The number of amides is 1. The van der Waals surface area contributed by atoms with Crippen molar-refractivity contribution >= 4 is 29.4 Å². The summed E-state index contributed by atoms with van der Waals surface area (Å²) in [6.45, 7) is 0.721. The van der Waals surface area contributed by atoms with Crippen molar-refractivity contribution in [3.63, 3.8) is 0 Å². The number of thioether (sulfide) groups is 1. The van der Waals surface area contributed by atoms with Gasteiger partial charge >= 0.3 is 0 Å². The summed E-state index contributed by atoms with van der Waals surface area (Å²) in [5.41, 5.74) is 3.61. The number of hydrogen-bond acceptors (Lipinski definition) is 6. The highest BCUT2D eigenvalue weighted by Crippen LogP contribution is 2.26. The van der Waals surface area contributed by atoms with Crippen LogP contribution >= 0.6 is 11.8 Å². The number of rotatable bonds is 5. The van der Waals surface area contributed by atoms with Crippen LogP contribution < -0.4 is 10.1 Å². The Morgan fingerprint density at radius 1 is 1.30 bits per heavy atom. The highest BCUT2D eigenvalue weighted by atomic mass is 32.2. The predicted molar refractivity (Wildman–Crippen MR) is 104 cm³/mol. The van der Waals surface area contributed by atoms with Gasteiger partial charge in [-0.1, -0.05) is 23.9 Å². The van der Waals surface area contributed by atoms with Gasteiger partial charge in [0.25, 0.3) is 0 Å². The number of carbonyl (C=O) groups excluding carboxylic acids is 1. The predicted octanol–water partition coefficient (Wildman–Crippen LogP) is 2.97. The van der Waals surface area contributed by atoms with Gasteiger partial charge in [-0.05, 0) is 64.2 Å². The van der Waals surface area contributed by atoms with Crippen LogP contribution in [0.3, 0.4) is 0 Å². The summed E-state index contributed by atoms with van der Waals surface area (Å²) in [5, 5.41) is 15.2. The third kappa shape index (κ3) is 3.85. The molecule has 27 heavy (non-hydrogen) atoms. The van der Waals surface area contributed by atoms with Crippen molar-refractivity contribution in [2.24, 2.45) is 0 Å². The second kappa shape index (κ2) is 7.63. The summed E-state index contributed by atoms with van der Waals surface area (Å²) in [5.74, 6) is 0.728. The first kappa shape index (κ1) is 17.3. The molecule has 0 aliphatic carbocycles. The molecular formula is C19H17N5O2S. The van der Waals surface area contributed by atoms with Crippen LogP contribution in [0.4, 0.5) is 5.69 Å². The zero-order chi connectivity index (χ0) is 18.6. The fourth-order valence-electron chi connectivity index (χ4n) is 2.85. The Hall–Kier alpha value is -3.13. The molecule has 1 aliphatic rings. The number of hydrogen-bond donors (Lipinski definition) is 1. The standard InChI is InChI=1S/C19H17N5O2S/c1-27-19-21-22-23-24(19)16-4-2-3-15(12-16)20-18(25)8-6-13-5-7-17-14(11-13)9-10-26-17/h2-8,11-12H,9-10H2,1H3,(H,20,25)/b8-6+. The molecule has 8 heteroatoms. The van der Waals surface area contributed by atoms with Gasteiger partial charge in [-0.3, -0.25) is 4.79 Å². The van der Waals surface area contributed by atoms with Crippen molar-refractivity contribution in [1.82, 2.24) is 20.2 Å². The zero-order valence-electron chi connectivity index (χ0n) is 14.6. The highest BCUT2D eigenvalue weighted by molar-refractivity contribution is 7.98. The molecule has 4 rings (SSSR count). The van der Waals surface area contributed by atoms with Crippen LogP contribution in [0.5, 0.6) is 5.75 Å². The van der Waals surface area contributed by atoms with Gasteiger partial charge in [-0.15, -0.1) is 5.10 Å². The van der Waals surface area contributed by atoms with E-state index in [0.717, 1.165) is 30.0 Å². The number of ether oxygens (including phenoxy) is 1. The summed E-state index contributed by atoms with van der Waals surface area (Å²) < 4.78 is 7.12. The Kier molecular flexibility index (Phi) is 4.88. The number of benzene rings is 2. The van der Waals surface area contributed by atoms with Gasteiger partial charge in [0.2, 0.25) is 11.1 Å². The Morgan fingerprint density at radius 2 is 2.22 bits per heavy atom. The van der Waals surface area contributed by atoms with Gasteiger partial charge in [0.1, 0.15) is 5.75 Å². The topological polar surface area (TPSA) is 81.9 Å². The van der Waals surface area contributed by atoms with Crippen molar-refractivity contribution in [1.29, 1.82) is 0 Å². The molecule has 7 nitrogen and oxygen atoms in total. The first-order valence-corrected chi connectivity index (χ1v) is 9.63. The van der Waals surface area contributed by atoms with Gasteiger partial charge in [0, 0.05) is 18.2 Å². The number of nitrogens with zero attached hydrogens (tertiary/aromatic N) is 4. The summed E-state index contributed by atoms with van der Waals surface area (Å²) in [4.78, 5) is 12.3. The average molecular weight is 379 g/mol. The minimum Gasteiger partial charge on any atom is -0.493 e. The van der Waals surface area contributed by atoms with E-state index in [9.17, 15) is 4.79 Å². The van der Waals surface area contributed by atoms with Crippen LogP contribution in [0, 0.1) is 0 Å². The summed E-state index contributed by atoms with van der Waals surface area (Å²) >= 11 is 1.45. The van der Waals surface area contributed by atoms with Gasteiger partial charge in [0.05, 0.1) is 12.3 Å². The molecule has 1 amide bonds. The lowest BCUT2D eigenvalue weighted by atomic mass is 10.1. The largest absolute Gasteiger partial charge is 0.493 e. The van der Waals surface area contributed by atoms with Crippen LogP contribution in [0.1, 0.15) is 11.1 Å². The molecule has 1 N–H and O–H groups in total. The number of anilines is 1. The zero-order valence-corrected chi connectivity index (χ0v) is 15.4. The Labute approximate surface area is 160 Å². The SMILES string of the molecule is CSc1nnnn1-c1cccc(NC(=O)/C=C/c2ccc3c(c2)CCO3)c1. The molecule has 0 radical (unpaired) electrons. The van der Waals surface area contributed by atoms with E-state index in [-0.39, 0.29) is 5.91 Å². The van der Waals surface area contributed by atoms with E-state index in [4.69, 9.17) is 4.74 Å². The normalized spacial score (nSPS) is 12.8. The second-order valence-electron chi connectivity index (χ2n) is 5.92. The van der Waals surface area contributed by atoms with Crippen molar-refractivity contribution in [3.8, 4) is 11.4 Å². The molecule has 0 unspecified atom stereocenters. The molecule has 0 saturated carbocycles. The first-order chi connectivity index (χ1) is 13.2. The maximum Gasteiger partial charge on any atom is 0.248 e. The van der Waals surface area contributed by atoms with Crippen LogP contribution in [-0.2, 0) is 11.2 Å². The second-order valence-corrected chi connectivity index (χ2v) is 6.69. The van der Waals surface area contributed by atoms with E-state index in [0.29, 0.717) is 10.8 Å². The molecular weight excluding hydrogens is 362 g/mol. The van der Waals surface area contributed by atoms with Crippen molar-refractivity contribution in [2.75, 3.05) is 18.2 Å². The first-order valence-electron chi connectivity index (χ1n) is 8.40. The van der Waals surface area contributed by atoms with Crippen LogP contribution in [0.25, 0.3) is 11.8 Å². The lowest BCUT2D eigenvalue weighted by Gasteiger charge is -2.06. The molecule has 0 spiro atoms. The third-order valence-corrected chi connectivity index (χ3v) is 4.74. The van der Waals surface area contributed by atoms with Crippen LogP contribution in [-0.4, -0.2) is 39.0 Å². The maximum absolute atomic E-state index is 12.3. The smallest absolute Gasteiger partial charge is 0.248 e. The van der Waals surface area contributed by atoms with E-state index in [1.54, 1.807) is 10.8 Å². The molecule has 2 heterocycles. The lowest BCUT2D eigenvalue weighted by molar-refractivity contribution is -0.111. The molecule has 3 aromatic rings. The van der Waals surface area contributed by atoms with Crippen LogP contribution in [0.2, 0.25) is 0 Å². The minimum absolute atomic E-state index is 0.203. The van der Waals surface area contributed by atoms with Gasteiger partial charge in [0.15, 0.2) is 0 Å².